The van der Waals surface area contributed by atoms with E-state index in [4.69, 9.17) is 0 Å². The van der Waals surface area contributed by atoms with Crippen molar-refractivity contribution < 1.29 is 4.92 Å². The number of rotatable bonds is 5. The highest BCUT2D eigenvalue weighted by molar-refractivity contribution is 5.96. The van der Waals surface area contributed by atoms with Gasteiger partial charge in [0.25, 0.3) is 5.69 Å². The summed E-state index contributed by atoms with van der Waals surface area (Å²) in [4.78, 5) is 21.5. The van der Waals surface area contributed by atoms with Gasteiger partial charge >= 0.3 is 0 Å². The standard InChI is InChI=1S/C18H19N5O2/c1-12-9-15(14-5-4-6-16(23(24)25)18(14)21-12)20-11-13-7-8-19-17(10-13)22(2)3/h4-10H,11H2,1-3H3,(H,20,21). The summed E-state index contributed by atoms with van der Waals surface area (Å²) in [6, 6.07) is 10.9. The van der Waals surface area contributed by atoms with Crippen molar-refractivity contribution >= 4 is 28.1 Å². The van der Waals surface area contributed by atoms with Crippen LogP contribution >= 0.6 is 0 Å². The van der Waals surface area contributed by atoms with Crippen LogP contribution in [0, 0.1) is 17.0 Å². The predicted octanol–water partition coefficient (Wildman–Crippen LogP) is 3.52. The number of nitro benzene ring substituents is 1. The lowest BCUT2D eigenvalue weighted by molar-refractivity contribution is -0.383. The fraction of sp³-hybridized carbons (Fsp3) is 0.222. The summed E-state index contributed by atoms with van der Waals surface area (Å²) in [6.07, 6.45) is 1.77. The Balaban J connectivity index is 1.95. The third-order valence-electron chi connectivity index (χ3n) is 3.89. The van der Waals surface area contributed by atoms with E-state index in [0.717, 1.165) is 28.1 Å². The number of para-hydroxylation sites is 1. The van der Waals surface area contributed by atoms with Crippen LogP contribution < -0.4 is 10.2 Å². The number of aromatic nitrogens is 2. The topological polar surface area (TPSA) is 84.2 Å². The molecule has 0 aliphatic carbocycles. The lowest BCUT2D eigenvalue weighted by Crippen LogP contribution is -2.11. The smallest absolute Gasteiger partial charge is 0.295 e. The Morgan fingerprint density at radius 3 is 2.76 bits per heavy atom. The van der Waals surface area contributed by atoms with Crippen LogP contribution in [0.4, 0.5) is 17.2 Å². The maximum absolute atomic E-state index is 11.3. The van der Waals surface area contributed by atoms with Crippen molar-refractivity contribution in [3.8, 4) is 0 Å². The Bertz CT molecular complexity index is 940. The molecule has 0 amide bonds. The monoisotopic (exact) mass is 337 g/mol. The second-order valence-corrected chi connectivity index (χ2v) is 6.01. The number of hydrogen-bond acceptors (Lipinski definition) is 6. The molecule has 128 valence electrons. The summed E-state index contributed by atoms with van der Waals surface area (Å²) in [5, 5.41) is 15.4. The molecule has 3 aromatic rings. The lowest BCUT2D eigenvalue weighted by Gasteiger charge is -2.14. The number of nitrogens with zero attached hydrogens (tertiary/aromatic N) is 4. The number of nitrogens with one attached hydrogen (secondary N) is 1. The lowest BCUT2D eigenvalue weighted by atomic mass is 10.1. The summed E-state index contributed by atoms with van der Waals surface area (Å²) in [5.74, 6) is 0.880. The Kier molecular flexibility index (Phi) is 4.47. The summed E-state index contributed by atoms with van der Waals surface area (Å²) in [6.45, 7) is 2.42. The number of anilines is 2. The highest BCUT2D eigenvalue weighted by atomic mass is 16.6. The maximum Gasteiger partial charge on any atom is 0.295 e. The zero-order chi connectivity index (χ0) is 18.0. The highest BCUT2D eigenvalue weighted by Crippen LogP contribution is 2.30. The van der Waals surface area contributed by atoms with Crippen molar-refractivity contribution in [3.05, 3.63) is 64.0 Å². The van der Waals surface area contributed by atoms with E-state index in [-0.39, 0.29) is 5.69 Å². The number of non-ortho nitro benzene ring substituents is 1. The Labute approximate surface area is 145 Å². The molecule has 0 unspecified atom stereocenters. The van der Waals surface area contributed by atoms with Gasteiger partial charge in [0.1, 0.15) is 5.82 Å². The van der Waals surface area contributed by atoms with E-state index < -0.39 is 4.92 Å². The van der Waals surface area contributed by atoms with Gasteiger partial charge in [-0.1, -0.05) is 12.1 Å². The normalized spacial score (nSPS) is 10.7. The van der Waals surface area contributed by atoms with E-state index in [9.17, 15) is 10.1 Å². The van der Waals surface area contributed by atoms with Crippen molar-refractivity contribution in [2.24, 2.45) is 0 Å². The number of fused-ring (bicyclic) bond motifs is 1. The molecule has 0 saturated heterocycles. The van der Waals surface area contributed by atoms with Crippen molar-refractivity contribution in [1.82, 2.24) is 9.97 Å². The molecule has 2 aromatic heterocycles. The number of aryl methyl sites for hydroxylation is 1. The Morgan fingerprint density at radius 2 is 2.04 bits per heavy atom. The minimum absolute atomic E-state index is 0.0167. The molecule has 3 rings (SSSR count). The molecule has 0 saturated carbocycles. The van der Waals surface area contributed by atoms with E-state index in [1.165, 1.54) is 6.07 Å². The first-order chi connectivity index (χ1) is 12.0. The average molecular weight is 337 g/mol. The first-order valence-corrected chi connectivity index (χ1v) is 7.86. The Hall–Kier alpha value is -3.22. The van der Waals surface area contributed by atoms with Gasteiger partial charge in [0.15, 0.2) is 5.52 Å². The van der Waals surface area contributed by atoms with Crippen LogP contribution in [0.2, 0.25) is 0 Å². The minimum Gasteiger partial charge on any atom is -0.380 e. The Morgan fingerprint density at radius 1 is 1.24 bits per heavy atom. The van der Waals surface area contributed by atoms with Crippen molar-refractivity contribution in [2.45, 2.75) is 13.5 Å². The second kappa shape index (κ2) is 6.72. The third-order valence-corrected chi connectivity index (χ3v) is 3.89. The molecule has 1 N–H and O–H groups in total. The third kappa shape index (κ3) is 3.50. The molecule has 0 spiro atoms. The highest BCUT2D eigenvalue weighted by Gasteiger charge is 2.15. The summed E-state index contributed by atoms with van der Waals surface area (Å²) >= 11 is 0. The van der Waals surface area contributed by atoms with Gasteiger partial charge in [0, 0.05) is 49.7 Å². The van der Waals surface area contributed by atoms with Crippen LogP contribution in [-0.4, -0.2) is 29.0 Å². The van der Waals surface area contributed by atoms with E-state index >= 15 is 0 Å². The summed E-state index contributed by atoms with van der Waals surface area (Å²) < 4.78 is 0. The molecule has 25 heavy (non-hydrogen) atoms. The zero-order valence-electron chi connectivity index (χ0n) is 14.4. The molecule has 0 bridgehead atoms. The van der Waals surface area contributed by atoms with E-state index in [1.54, 1.807) is 12.3 Å². The number of nitro groups is 1. The van der Waals surface area contributed by atoms with E-state index in [2.05, 4.69) is 15.3 Å². The van der Waals surface area contributed by atoms with Crippen LogP contribution in [0.15, 0.2) is 42.6 Å². The molecule has 2 heterocycles. The second-order valence-electron chi connectivity index (χ2n) is 6.01. The van der Waals surface area contributed by atoms with Crippen molar-refractivity contribution in [2.75, 3.05) is 24.3 Å². The summed E-state index contributed by atoms with van der Waals surface area (Å²) in [7, 11) is 3.89. The van der Waals surface area contributed by atoms with Gasteiger partial charge in [0.2, 0.25) is 0 Å². The fourth-order valence-corrected chi connectivity index (χ4v) is 2.67. The average Bonchev–Trinajstić information content (AvgIpc) is 2.59. The number of hydrogen-bond donors (Lipinski definition) is 1. The first-order valence-electron chi connectivity index (χ1n) is 7.86. The quantitative estimate of drug-likeness (QED) is 0.566. The summed E-state index contributed by atoms with van der Waals surface area (Å²) in [5.41, 5.74) is 3.05. The minimum atomic E-state index is -0.398. The molecular weight excluding hydrogens is 318 g/mol. The van der Waals surface area contributed by atoms with Gasteiger partial charge in [0.05, 0.1) is 4.92 Å². The number of pyridine rings is 2. The largest absolute Gasteiger partial charge is 0.380 e. The maximum atomic E-state index is 11.3. The first kappa shape index (κ1) is 16.6. The van der Waals surface area contributed by atoms with Crippen molar-refractivity contribution in [1.29, 1.82) is 0 Å². The van der Waals surface area contributed by atoms with Crippen LogP contribution in [0.25, 0.3) is 10.9 Å². The van der Waals surface area contributed by atoms with Gasteiger partial charge < -0.3 is 10.2 Å². The van der Waals surface area contributed by atoms with Crippen LogP contribution in [0.1, 0.15) is 11.3 Å². The molecule has 1 aromatic carbocycles. The SMILES string of the molecule is Cc1cc(NCc2ccnc(N(C)C)c2)c2cccc([N+](=O)[O-])c2n1. The van der Waals surface area contributed by atoms with E-state index in [1.807, 2.05) is 50.2 Å². The fourth-order valence-electron chi connectivity index (χ4n) is 2.67. The molecule has 0 radical (unpaired) electrons. The van der Waals surface area contributed by atoms with Gasteiger partial charge in [-0.05, 0) is 30.7 Å². The van der Waals surface area contributed by atoms with Gasteiger partial charge in [-0.2, -0.15) is 0 Å². The molecule has 0 fully saturated rings. The van der Waals surface area contributed by atoms with Gasteiger partial charge in [-0.25, -0.2) is 9.97 Å². The van der Waals surface area contributed by atoms with Crippen molar-refractivity contribution in [3.63, 3.8) is 0 Å². The molecule has 0 atom stereocenters. The van der Waals surface area contributed by atoms with Crippen LogP contribution in [0.3, 0.4) is 0 Å². The molecule has 7 nitrogen and oxygen atoms in total. The zero-order valence-corrected chi connectivity index (χ0v) is 14.4. The predicted molar refractivity (Wildman–Crippen MR) is 99.0 cm³/mol. The van der Waals surface area contributed by atoms with E-state index in [0.29, 0.717) is 12.1 Å². The molecule has 0 aliphatic heterocycles. The molecule has 0 aliphatic rings. The number of benzene rings is 1. The molecular formula is C18H19N5O2. The molecule has 7 heteroatoms. The van der Waals surface area contributed by atoms with Crippen LogP contribution in [0.5, 0.6) is 0 Å². The van der Waals surface area contributed by atoms with Crippen LogP contribution in [-0.2, 0) is 6.54 Å². The van der Waals surface area contributed by atoms with Gasteiger partial charge in [-0.3, -0.25) is 10.1 Å². The van der Waals surface area contributed by atoms with Gasteiger partial charge in [-0.15, -0.1) is 0 Å².